The fourth-order valence-electron chi connectivity index (χ4n) is 1.63. The van der Waals surface area contributed by atoms with Crippen LogP contribution in [-0.2, 0) is 4.74 Å². The molecule has 1 aromatic heterocycles. The summed E-state index contributed by atoms with van der Waals surface area (Å²) in [6.07, 6.45) is 3.41. The third-order valence-electron chi connectivity index (χ3n) is 2.63. The number of esters is 1. The van der Waals surface area contributed by atoms with E-state index in [4.69, 9.17) is 10.5 Å². The molecule has 0 bridgehead atoms. The molecule has 1 aromatic carbocycles. The maximum Gasteiger partial charge on any atom is 0.340 e. The minimum absolute atomic E-state index is 0.162. The molecule has 0 atom stereocenters. The number of aromatic nitrogens is 1. The van der Waals surface area contributed by atoms with Crippen LogP contribution in [0.5, 0.6) is 11.6 Å². The zero-order valence-corrected chi connectivity index (χ0v) is 11.9. The Labute approximate surface area is 121 Å². The average molecular weight is 290 g/mol. The molecule has 6 heteroatoms. The molecule has 0 saturated carbocycles. The molecule has 0 saturated heterocycles. The van der Waals surface area contributed by atoms with Crippen LogP contribution in [-0.4, -0.2) is 24.3 Å². The van der Waals surface area contributed by atoms with E-state index >= 15 is 0 Å². The van der Waals surface area contributed by atoms with Gasteiger partial charge in [0.2, 0.25) is 5.88 Å². The van der Waals surface area contributed by atoms with Crippen LogP contribution in [0.2, 0.25) is 0 Å². The molecule has 5 nitrogen and oxygen atoms in total. The van der Waals surface area contributed by atoms with E-state index in [1.807, 2.05) is 30.5 Å². The number of benzene rings is 1. The number of nitrogens with two attached hydrogens (primary N) is 1. The largest absolute Gasteiger partial charge is 0.465 e. The monoisotopic (exact) mass is 290 g/mol. The summed E-state index contributed by atoms with van der Waals surface area (Å²) in [6, 6.07) is 9.02. The second kappa shape index (κ2) is 6.29. The Balaban J connectivity index is 2.37. The Bertz CT molecular complexity index is 632. The molecule has 0 aliphatic carbocycles. The fraction of sp³-hybridized carbons (Fsp3) is 0.143. The molecule has 104 valence electrons. The van der Waals surface area contributed by atoms with Gasteiger partial charge in [-0.1, -0.05) is 12.1 Å². The van der Waals surface area contributed by atoms with Crippen molar-refractivity contribution in [3.8, 4) is 11.6 Å². The summed E-state index contributed by atoms with van der Waals surface area (Å²) in [5.74, 6) is 0.309. The highest BCUT2D eigenvalue weighted by Crippen LogP contribution is 2.33. The summed E-state index contributed by atoms with van der Waals surface area (Å²) in [5.41, 5.74) is 6.30. The van der Waals surface area contributed by atoms with Gasteiger partial charge in [-0.2, -0.15) is 0 Å². The van der Waals surface area contributed by atoms with Gasteiger partial charge in [0.15, 0.2) is 0 Å². The first kappa shape index (κ1) is 14.2. The van der Waals surface area contributed by atoms with E-state index in [9.17, 15) is 4.79 Å². The van der Waals surface area contributed by atoms with Crippen molar-refractivity contribution in [3.05, 3.63) is 42.1 Å². The lowest BCUT2D eigenvalue weighted by Gasteiger charge is -2.11. The highest BCUT2D eigenvalue weighted by Gasteiger charge is 2.16. The molecular formula is C14H14N2O3S. The molecule has 2 rings (SSSR count). The molecule has 20 heavy (non-hydrogen) atoms. The first-order valence-corrected chi connectivity index (χ1v) is 7.03. The number of nitrogens with zero attached hydrogens (tertiary/aromatic N) is 1. The lowest BCUT2D eigenvalue weighted by atomic mass is 10.2. The molecule has 0 amide bonds. The van der Waals surface area contributed by atoms with Gasteiger partial charge in [0.05, 0.1) is 12.7 Å². The smallest absolute Gasteiger partial charge is 0.340 e. The number of hydrogen-bond acceptors (Lipinski definition) is 6. The molecule has 0 fully saturated rings. The Morgan fingerprint density at radius 3 is 2.75 bits per heavy atom. The van der Waals surface area contributed by atoms with Crippen molar-refractivity contribution in [1.82, 2.24) is 4.98 Å². The number of carbonyl (C=O) groups excluding carboxylic acids is 1. The number of para-hydroxylation sites is 1. The zero-order valence-electron chi connectivity index (χ0n) is 11.1. The summed E-state index contributed by atoms with van der Waals surface area (Å²) in [6.45, 7) is 0. The minimum Gasteiger partial charge on any atom is -0.465 e. The van der Waals surface area contributed by atoms with Crippen molar-refractivity contribution in [1.29, 1.82) is 0 Å². The molecular weight excluding hydrogens is 276 g/mol. The molecule has 0 unspecified atom stereocenters. The number of rotatable bonds is 4. The lowest BCUT2D eigenvalue weighted by Crippen LogP contribution is -2.07. The second-order valence-electron chi connectivity index (χ2n) is 3.82. The molecule has 2 N–H and O–H groups in total. The topological polar surface area (TPSA) is 74.4 Å². The average Bonchev–Trinajstić information content (AvgIpc) is 2.49. The van der Waals surface area contributed by atoms with Gasteiger partial charge >= 0.3 is 5.97 Å². The normalized spacial score (nSPS) is 10.1. The molecule has 0 spiro atoms. The van der Waals surface area contributed by atoms with Gasteiger partial charge in [-0.3, -0.25) is 0 Å². The number of anilines is 1. The van der Waals surface area contributed by atoms with E-state index in [0.29, 0.717) is 5.75 Å². The summed E-state index contributed by atoms with van der Waals surface area (Å²) in [5, 5.41) is 0. The predicted molar refractivity (Wildman–Crippen MR) is 78.3 cm³/mol. The molecule has 0 aliphatic heterocycles. The lowest BCUT2D eigenvalue weighted by molar-refractivity contribution is 0.0601. The van der Waals surface area contributed by atoms with Gasteiger partial charge < -0.3 is 15.2 Å². The molecule has 0 radical (unpaired) electrons. The summed E-state index contributed by atoms with van der Waals surface area (Å²) >= 11 is 1.55. The second-order valence-corrected chi connectivity index (χ2v) is 4.67. The van der Waals surface area contributed by atoms with Gasteiger partial charge in [-0.15, -0.1) is 11.8 Å². The predicted octanol–water partition coefficient (Wildman–Crippen LogP) is 2.96. The number of methoxy groups -OCH3 is 1. The van der Waals surface area contributed by atoms with Crippen LogP contribution in [0.1, 0.15) is 10.4 Å². The SMILES string of the molecule is COC(=O)c1ccnc(Oc2ccccc2SC)c1N. The van der Waals surface area contributed by atoms with Crippen molar-refractivity contribution >= 4 is 23.4 Å². The van der Waals surface area contributed by atoms with Crippen molar-refractivity contribution in [2.75, 3.05) is 19.1 Å². The van der Waals surface area contributed by atoms with Crippen LogP contribution in [0.25, 0.3) is 0 Å². The zero-order chi connectivity index (χ0) is 14.5. The van der Waals surface area contributed by atoms with Crippen LogP contribution in [0, 0.1) is 0 Å². The number of carbonyl (C=O) groups is 1. The Hall–Kier alpha value is -2.21. The van der Waals surface area contributed by atoms with E-state index in [-0.39, 0.29) is 17.1 Å². The number of nitrogen functional groups attached to an aromatic ring is 1. The molecule has 2 aromatic rings. The van der Waals surface area contributed by atoms with Crippen LogP contribution in [0.15, 0.2) is 41.4 Å². The highest BCUT2D eigenvalue weighted by atomic mass is 32.2. The number of thioether (sulfide) groups is 1. The van der Waals surface area contributed by atoms with Crippen molar-refractivity contribution in [2.45, 2.75) is 4.90 Å². The van der Waals surface area contributed by atoms with E-state index in [2.05, 4.69) is 9.72 Å². The van der Waals surface area contributed by atoms with Crippen molar-refractivity contribution in [3.63, 3.8) is 0 Å². The highest BCUT2D eigenvalue weighted by molar-refractivity contribution is 7.98. The Morgan fingerprint density at radius 2 is 2.05 bits per heavy atom. The van der Waals surface area contributed by atoms with Crippen LogP contribution >= 0.6 is 11.8 Å². The Morgan fingerprint density at radius 1 is 1.30 bits per heavy atom. The van der Waals surface area contributed by atoms with E-state index in [1.54, 1.807) is 11.8 Å². The third kappa shape index (κ3) is 2.85. The first-order valence-electron chi connectivity index (χ1n) is 5.81. The summed E-state index contributed by atoms with van der Waals surface area (Å²) < 4.78 is 10.4. The van der Waals surface area contributed by atoms with Gasteiger partial charge in [0.1, 0.15) is 11.4 Å². The van der Waals surface area contributed by atoms with Gasteiger partial charge in [0.25, 0.3) is 0 Å². The summed E-state index contributed by atoms with van der Waals surface area (Å²) in [7, 11) is 1.30. The standard InChI is InChI=1S/C14H14N2O3S/c1-18-14(17)9-7-8-16-13(12(9)15)19-10-5-3-4-6-11(10)20-2/h3-8H,15H2,1-2H3. The van der Waals surface area contributed by atoms with Gasteiger partial charge in [0, 0.05) is 11.1 Å². The van der Waals surface area contributed by atoms with Gasteiger partial charge in [-0.05, 0) is 24.5 Å². The maximum absolute atomic E-state index is 11.6. The Kier molecular flexibility index (Phi) is 4.47. The quantitative estimate of drug-likeness (QED) is 0.689. The van der Waals surface area contributed by atoms with E-state index < -0.39 is 5.97 Å². The molecule has 0 aliphatic rings. The molecule has 1 heterocycles. The number of pyridine rings is 1. The number of ether oxygens (including phenoxy) is 2. The minimum atomic E-state index is -0.520. The van der Waals surface area contributed by atoms with Crippen LogP contribution in [0.3, 0.4) is 0 Å². The van der Waals surface area contributed by atoms with Crippen molar-refractivity contribution in [2.24, 2.45) is 0 Å². The van der Waals surface area contributed by atoms with Crippen LogP contribution < -0.4 is 10.5 Å². The maximum atomic E-state index is 11.6. The fourth-order valence-corrected chi connectivity index (χ4v) is 2.16. The van der Waals surface area contributed by atoms with Gasteiger partial charge in [-0.25, -0.2) is 9.78 Å². The van der Waals surface area contributed by atoms with Crippen molar-refractivity contribution < 1.29 is 14.3 Å². The van der Waals surface area contributed by atoms with E-state index in [0.717, 1.165) is 4.90 Å². The first-order chi connectivity index (χ1) is 9.67. The van der Waals surface area contributed by atoms with E-state index in [1.165, 1.54) is 19.4 Å². The number of hydrogen-bond donors (Lipinski definition) is 1. The van der Waals surface area contributed by atoms with Crippen LogP contribution in [0.4, 0.5) is 5.69 Å². The summed E-state index contributed by atoms with van der Waals surface area (Å²) in [4.78, 5) is 16.6. The third-order valence-corrected chi connectivity index (χ3v) is 3.41.